The van der Waals surface area contributed by atoms with Crippen molar-refractivity contribution in [3.63, 3.8) is 0 Å². The van der Waals surface area contributed by atoms with Gasteiger partial charge in [0.25, 0.3) is 0 Å². The van der Waals surface area contributed by atoms with Gasteiger partial charge < -0.3 is 20.7 Å². The summed E-state index contributed by atoms with van der Waals surface area (Å²) in [5, 5.41) is 9.49. The van der Waals surface area contributed by atoms with Crippen molar-refractivity contribution >= 4 is 23.2 Å². The van der Waals surface area contributed by atoms with Gasteiger partial charge in [-0.2, -0.15) is 0 Å². The molecule has 0 aromatic carbocycles. The van der Waals surface area contributed by atoms with E-state index < -0.39 is 0 Å². The molecule has 0 aromatic rings. The predicted molar refractivity (Wildman–Crippen MR) is 77.6 cm³/mol. The maximum Gasteiger partial charge on any atom is 0.222 e. The van der Waals surface area contributed by atoms with Crippen LogP contribution < -0.4 is 16.0 Å². The summed E-state index contributed by atoms with van der Waals surface area (Å²) in [5.41, 5.74) is -0.192. The van der Waals surface area contributed by atoms with E-state index in [2.05, 4.69) is 16.0 Å². The van der Waals surface area contributed by atoms with Crippen molar-refractivity contribution in [3.8, 4) is 0 Å². The number of nitrogens with one attached hydrogen (secondary N) is 3. The molecule has 0 spiro atoms. The van der Waals surface area contributed by atoms with Gasteiger partial charge in [-0.15, -0.1) is 0 Å². The van der Waals surface area contributed by atoms with Crippen molar-refractivity contribution in [2.24, 2.45) is 0 Å². The maximum atomic E-state index is 11.5. The van der Waals surface area contributed by atoms with Gasteiger partial charge in [-0.25, -0.2) is 0 Å². The van der Waals surface area contributed by atoms with Crippen LogP contribution in [0.4, 0.5) is 0 Å². The molecule has 0 saturated heterocycles. The molecule has 18 heavy (non-hydrogen) atoms. The molecule has 0 saturated carbocycles. The first-order chi connectivity index (χ1) is 8.24. The Hall–Kier alpha value is -0.880. The summed E-state index contributed by atoms with van der Waals surface area (Å²) < 4.78 is 4.99. The van der Waals surface area contributed by atoms with E-state index in [1.807, 2.05) is 27.7 Å². The van der Waals surface area contributed by atoms with E-state index in [4.69, 9.17) is 17.0 Å². The molecule has 0 heterocycles. The number of amides is 1. The lowest BCUT2D eigenvalue weighted by Gasteiger charge is -2.21. The van der Waals surface area contributed by atoms with E-state index in [-0.39, 0.29) is 17.5 Å². The standard InChI is InChI=1S/C12H25N3O2S/c1-9(8-17-5)14-11(18)13-7-6-10(16)15-12(2,3)4/h9H,6-8H2,1-5H3,(H,15,16)(H2,13,14,18). The quantitative estimate of drug-likeness (QED) is 0.626. The van der Waals surface area contributed by atoms with Gasteiger partial charge >= 0.3 is 0 Å². The van der Waals surface area contributed by atoms with Gasteiger partial charge in [0, 0.05) is 31.7 Å². The summed E-state index contributed by atoms with van der Waals surface area (Å²) in [4.78, 5) is 11.5. The highest BCUT2D eigenvalue weighted by Crippen LogP contribution is 1.98. The molecule has 1 atom stereocenters. The average molecular weight is 275 g/mol. The molecule has 6 heteroatoms. The molecular weight excluding hydrogens is 250 g/mol. The van der Waals surface area contributed by atoms with Crippen LogP contribution in [0.1, 0.15) is 34.1 Å². The monoisotopic (exact) mass is 275 g/mol. The Morgan fingerprint density at radius 2 is 2.00 bits per heavy atom. The number of thiocarbonyl (C=S) groups is 1. The Morgan fingerprint density at radius 1 is 1.39 bits per heavy atom. The predicted octanol–water partition coefficient (Wildman–Crippen LogP) is 0.790. The van der Waals surface area contributed by atoms with Crippen LogP contribution in [0, 0.1) is 0 Å². The summed E-state index contributed by atoms with van der Waals surface area (Å²) in [7, 11) is 1.64. The lowest BCUT2D eigenvalue weighted by Crippen LogP contribution is -2.45. The second-order valence-corrected chi connectivity index (χ2v) is 5.71. The van der Waals surface area contributed by atoms with Crippen LogP contribution in [0.2, 0.25) is 0 Å². The van der Waals surface area contributed by atoms with Crippen molar-refractivity contribution < 1.29 is 9.53 Å². The minimum atomic E-state index is -0.192. The average Bonchev–Trinajstić information content (AvgIpc) is 2.14. The number of methoxy groups -OCH3 is 1. The van der Waals surface area contributed by atoms with Crippen molar-refractivity contribution in [1.82, 2.24) is 16.0 Å². The fourth-order valence-electron chi connectivity index (χ4n) is 1.34. The number of carbonyl (C=O) groups excluding carboxylic acids is 1. The van der Waals surface area contributed by atoms with Gasteiger partial charge in [0.2, 0.25) is 5.91 Å². The van der Waals surface area contributed by atoms with Crippen molar-refractivity contribution in [2.45, 2.75) is 45.7 Å². The number of hydrogen-bond acceptors (Lipinski definition) is 3. The normalized spacial score (nSPS) is 12.7. The van der Waals surface area contributed by atoms with Gasteiger partial charge in [-0.1, -0.05) is 0 Å². The molecule has 0 fully saturated rings. The van der Waals surface area contributed by atoms with Crippen LogP contribution in [0.3, 0.4) is 0 Å². The van der Waals surface area contributed by atoms with Gasteiger partial charge in [-0.05, 0) is 39.9 Å². The third kappa shape index (κ3) is 10.3. The molecule has 0 aromatic heterocycles. The first kappa shape index (κ1) is 17.1. The van der Waals surface area contributed by atoms with Crippen molar-refractivity contribution in [3.05, 3.63) is 0 Å². The summed E-state index contributed by atoms with van der Waals surface area (Å²) >= 11 is 5.10. The molecule has 3 N–H and O–H groups in total. The number of rotatable bonds is 6. The first-order valence-corrected chi connectivity index (χ1v) is 6.49. The molecule has 0 rings (SSSR count). The summed E-state index contributed by atoms with van der Waals surface area (Å²) in [6.45, 7) is 8.95. The Kier molecular flexibility index (Phi) is 7.86. The minimum absolute atomic E-state index is 0.0164. The summed E-state index contributed by atoms with van der Waals surface area (Å²) in [6.07, 6.45) is 0.401. The summed E-state index contributed by atoms with van der Waals surface area (Å²) in [5.74, 6) is 0.0164. The third-order valence-electron chi connectivity index (χ3n) is 1.95. The molecule has 1 unspecified atom stereocenters. The minimum Gasteiger partial charge on any atom is -0.383 e. The number of ether oxygens (including phenoxy) is 1. The van der Waals surface area contributed by atoms with Crippen LogP contribution in [0.5, 0.6) is 0 Å². The highest BCUT2D eigenvalue weighted by Gasteiger charge is 2.13. The molecule has 0 aliphatic rings. The molecule has 0 aliphatic carbocycles. The third-order valence-corrected chi connectivity index (χ3v) is 2.21. The highest BCUT2D eigenvalue weighted by molar-refractivity contribution is 7.80. The maximum absolute atomic E-state index is 11.5. The SMILES string of the molecule is COCC(C)NC(=S)NCCC(=O)NC(C)(C)C. The molecule has 5 nitrogen and oxygen atoms in total. The Balaban J connectivity index is 3.71. The van der Waals surface area contributed by atoms with Crippen LogP contribution in [-0.2, 0) is 9.53 Å². The van der Waals surface area contributed by atoms with E-state index in [0.717, 1.165) is 0 Å². The molecule has 0 bridgehead atoms. The zero-order valence-electron chi connectivity index (χ0n) is 11.9. The molecular formula is C12H25N3O2S. The zero-order chi connectivity index (χ0) is 14.2. The van der Waals surface area contributed by atoms with Crippen molar-refractivity contribution in [2.75, 3.05) is 20.3 Å². The zero-order valence-corrected chi connectivity index (χ0v) is 12.7. The topological polar surface area (TPSA) is 62.4 Å². The molecule has 106 valence electrons. The van der Waals surface area contributed by atoms with E-state index >= 15 is 0 Å². The van der Waals surface area contributed by atoms with Gasteiger partial charge in [-0.3, -0.25) is 4.79 Å². The van der Waals surface area contributed by atoms with Gasteiger partial charge in [0.1, 0.15) is 0 Å². The highest BCUT2D eigenvalue weighted by atomic mass is 32.1. The fraction of sp³-hybridized carbons (Fsp3) is 0.833. The van der Waals surface area contributed by atoms with E-state index in [9.17, 15) is 4.79 Å². The second-order valence-electron chi connectivity index (χ2n) is 5.30. The van der Waals surface area contributed by atoms with Crippen LogP contribution in [0.25, 0.3) is 0 Å². The fourth-order valence-corrected chi connectivity index (χ4v) is 1.64. The number of carbonyl (C=O) groups is 1. The Bertz CT molecular complexity index is 277. The van der Waals surface area contributed by atoms with E-state index in [1.165, 1.54) is 0 Å². The Labute approximate surface area is 115 Å². The van der Waals surface area contributed by atoms with Crippen molar-refractivity contribution in [1.29, 1.82) is 0 Å². The van der Waals surface area contributed by atoms with Crippen LogP contribution in [-0.4, -0.2) is 42.9 Å². The molecule has 0 radical (unpaired) electrons. The summed E-state index contributed by atoms with van der Waals surface area (Å²) in [6, 6.07) is 0.151. The van der Waals surface area contributed by atoms with E-state index in [0.29, 0.717) is 24.7 Å². The van der Waals surface area contributed by atoms with E-state index in [1.54, 1.807) is 7.11 Å². The molecule has 1 amide bonds. The second kappa shape index (κ2) is 8.26. The van der Waals surface area contributed by atoms with Gasteiger partial charge in [0.05, 0.1) is 6.61 Å². The van der Waals surface area contributed by atoms with Gasteiger partial charge in [0.15, 0.2) is 5.11 Å². The Morgan fingerprint density at radius 3 is 2.50 bits per heavy atom. The van der Waals surface area contributed by atoms with Crippen LogP contribution >= 0.6 is 12.2 Å². The smallest absolute Gasteiger partial charge is 0.222 e. The first-order valence-electron chi connectivity index (χ1n) is 6.09. The molecule has 0 aliphatic heterocycles. The number of hydrogen-bond donors (Lipinski definition) is 3. The van der Waals surface area contributed by atoms with Crippen LogP contribution in [0.15, 0.2) is 0 Å². The lowest BCUT2D eigenvalue weighted by atomic mass is 10.1. The lowest BCUT2D eigenvalue weighted by molar-refractivity contribution is -0.122. The largest absolute Gasteiger partial charge is 0.383 e.